The van der Waals surface area contributed by atoms with Crippen molar-refractivity contribution in [3.63, 3.8) is 0 Å². The van der Waals surface area contributed by atoms with E-state index in [1.807, 2.05) is 0 Å². The molecule has 0 heterocycles. The second kappa shape index (κ2) is 8.92. The second-order valence-electron chi connectivity index (χ2n) is 4.49. The highest BCUT2D eigenvalue weighted by atomic mass is 79.9. The van der Waals surface area contributed by atoms with Crippen molar-refractivity contribution in [2.75, 3.05) is 33.9 Å². The average Bonchev–Trinajstić information content (AvgIpc) is 2.42. The van der Waals surface area contributed by atoms with E-state index in [1.54, 1.807) is 31.2 Å². The Morgan fingerprint density at radius 2 is 2.25 bits per heavy atom. The number of carbonyl (C=O) groups is 1. The molecule has 0 saturated heterocycles. The fourth-order valence-corrected chi connectivity index (χ4v) is 2.13. The van der Waals surface area contributed by atoms with E-state index in [1.165, 1.54) is 6.07 Å². The maximum Gasteiger partial charge on any atom is 0.317 e. The lowest BCUT2D eigenvalue weighted by atomic mass is 10.1. The van der Waals surface area contributed by atoms with Crippen LogP contribution in [0, 0.1) is 5.82 Å². The number of amides is 2. The quantitative estimate of drug-likeness (QED) is 0.771. The van der Waals surface area contributed by atoms with Gasteiger partial charge in [-0.1, -0.05) is 15.9 Å². The first-order valence-corrected chi connectivity index (χ1v) is 7.25. The van der Waals surface area contributed by atoms with Crippen LogP contribution in [-0.2, 0) is 11.2 Å². The standard InChI is InChI=1S/C14H20BrFN2O2/c1-18(8-3-9-20-2)14(19)17-7-6-11-10-12(15)4-5-13(11)16/h4-5,10H,3,6-9H2,1-2H3,(H,17,19). The minimum absolute atomic E-state index is 0.156. The van der Waals surface area contributed by atoms with Gasteiger partial charge in [0.05, 0.1) is 0 Å². The van der Waals surface area contributed by atoms with Crippen LogP contribution in [0.4, 0.5) is 9.18 Å². The van der Waals surface area contributed by atoms with E-state index < -0.39 is 0 Å². The van der Waals surface area contributed by atoms with Crippen molar-refractivity contribution in [2.45, 2.75) is 12.8 Å². The van der Waals surface area contributed by atoms with Crippen LogP contribution < -0.4 is 5.32 Å². The molecular formula is C14H20BrFN2O2. The van der Waals surface area contributed by atoms with Crippen molar-refractivity contribution in [2.24, 2.45) is 0 Å². The molecule has 6 heteroatoms. The zero-order chi connectivity index (χ0) is 15.0. The number of nitrogens with one attached hydrogen (secondary N) is 1. The third-order valence-electron chi connectivity index (χ3n) is 2.87. The van der Waals surface area contributed by atoms with Crippen molar-refractivity contribution >= 4 is 22.0 Å². The molecule has 112 valence electrons. The summed E-state index contributed by atoms with van der Waals surface area (Å²) >= 11 is 3.30. The van der Waals surface area contributed by atoms with Crippen LogP contribution in [0.2, 0.25) is 0 Å². The molecule has 20 heavy (non-hydrogen) atoms. The van der Waals surface area contributed by atoms with Crippen LogP contribution in [0.15, 0.2) is 22.7 Å². The van der Waals surface area contributed by atoms with Crippen LogP contribution in [0.5, 0.6) is 0 Å². The first-order chi connectivity index (χ1) is 9.54. The molecule has 0 spiro atoms. The summed E-state index contributed by atoms with van der Waals surface area (Å²) in [6, 6.07) is 4.64. The Bertz CT molecular complexity index is 443. The minimum atomic E-state index is -0.254. The maximum atomic E-state index is 13.5. The molecule has 1 aromatic carbocycles. The molecule has 2 amide bonds. The van der Waals surface area contributed by atoms with E-state index in [2.05, 4.69) is 21.2 Å². The lowest BCUT2D eigenvalue weighted by Crippen LogP contribution is -2.39. The van der Waals surface area contributed by atoms with E-state index in [9.17, 15) is 9.18 Å². The van der Waals surface area contributed by atoms with Gasteiger partial charge in [-0.05, 0) is 36.6 Å². The van der Waals surface area contributed by atoms with Crippen molar-refractivity contribution in [3.05, 3.63) is 34.1 Å². The Hall–Kier alpha value is -1.14. The van der Waals surface area contributed by atoms with Crippen LogP contribution in [0.1, 0.15) is 12.0 Å². The molecule has 1 aromatic rings. The Balaban J connectivity index is 2.32. The molecule has 0 unspecified atom stereocenters. The van der Waals surface area contributed by atoms with Crippen LogP contribution in [-0.4, -0.2) is 44.8 Å². The molecule has 1 N–H and O–H groups in total. The topological polar surface area (TPSA) is 41.6 Å². The molecule has 0 radical (unpaired) electrons. The third-order valence-corrected chi connectivity index (χ3v) is 3.36. The van der Waals surface area contributed by atoms with Crippen molar-refractivity contribution in [1.82, 2.24) is 10.2 Å². The van der Waals surface area contributed by atoms with E-state index in [0.717, 1.165) is 10.9 Å². The van der Waals surface area contributed by atoms with E-state index in [4.69, 9.17) is 4.74 Å². The van der Waals surface area contributed by atoms with Gasteiger partial charge in [0.25, 0.3) is 0 Å². The Labute approximate surface area is 127 Å². The predicted molar refractivity (Wildman–Crippen MR) is 80.3 cm³/mol. The highest BCUT2D eigenvalue weighted by Crippen LogP contribution is 2.15. The summed E-state index contributed by atoms with van der Waals surface area (Å²) in [7, 11) is 3.36. The summed E-state index contributed by atoms with van der Waals surface area (Å²) in [5.74, 6) is -0.254. The summed E-state index contributed by atoms with van der Waals surface area (Å²) in [6.07, 6.45) is 1.25. The number of benzene rings is 1. The Kier molecular flexibility index (Phi) is 7.54. The van der Waals surface area contributed by atoms with Crippen LogP contribution in [0.3, 0.4) is 0 Å². The third kappa shape index (κ3) is 5.88. The molecular weight excluding hydrogens is 327 g/mol. The normalized spacial score (nSPS) is 10.4. The lowest BCUT2D eigenvalue weighted by Gasteiger charge is -2.17. The van der Waals surface area contributed by atoms with E-state index in [-0.39, 0.29) is 11.8 Å². The first-order valence-electron chi connectivity index (χ1n) is 6.46. The molecule has 0 saturated carbocycles. The zero-order valence-electron chi connectivity index (χ0n) is 11.8. The van der Waals surface area contributed by atoms with Crippen molar-refractivity contribution in [3.8, 4) is 0 Å². The number of halogens is 2. The van der Waals surface area contributed by atoms with Gasteiger partial charge in [-0.25, -0.2) is 9.18 Å². The van der Waals surface area contributed by atoms with Crippen molar-refractivity contribution in [1.29, 1.82) is 0 Å². The summed E-state index contributed by atoms with van der Waals surface area (Å²) in [6.45, 7) is 1.66. The van der Waals surface area contributed by atoms with Gasteiger partial charge in [0.1, 0.15) is 5.82 Å². The molecule has 0 aliphatic rings. The van der Waals surface area contributed by atoms with Gasteiger partial charge >= 0.3 is 6.03 Å². The molecule has 0 fully saturated rings. The highest BCUT2D eigenvalue weighted by Gasteiger charge is 2.08. The number of urea groups is 1. The number of ether oxygens (including phenoxy) is 1. The summed E-state index contributed by atoms with van der Waals surface area (Å²) in [4.78, 5) is 13.3. The number of hydrogen-bond acceptors (Lipinski definition) is 2. The van der Waals surface area contributed by atoms with Crippen LogP contribution >= 0.6 is 15.9 Å². The predicted octanol–water partition coefficient (Wildman–Crippen LogP) is 2.81. The van der Waals surface area contributed by atoms with Gasteiger partial charge in [-0.3, -0.25) is 0 Å². The van der Waals surface area contributed by atoms with E-state index >= 15 is 0 Å². The van der Waals surface area contributed by atoms with Gasteiger partial charge in [-0.15, -0.1) is 0 Å². The number of rotatable bonds is 7. The highest BCUT2D eigenvalue weighted by molar-refractivity contribution is 9.10. The van der Waals surface area contributed by atoms with Gasteiger partial charge in [0, 0.05) is 38.3 Å². The fourth-order valence-electron chi connectivity index (χ4n) is 1.72. The molecule has 0 aromatic heterocycles. The lowest BCUT2D eigenvalue weighted by molar-refractivity contribution is 0.175. The largest absolute Gasteiger partial charge is 0.385 e. The molecule has 0 aliphatic heterocycles. The summed E-state index contributed by atoms with van der Waals surface area (Å²) in [5.41, 5.74) is 0.585. The van der Waals surface area contributed by atoms with Gasteiger partial charge in [-0.2, -0.15) is 0 Å². The van der Waals surface area contributed by atoms with Crippen LogP contribution in [0.25, 0.3) is 0 Å². The van der Waals surface area contributed by atoms with E-state index in [0.29, 0.717) is 31.7 Å². The molecule has 0 aliphatic carbocycles. The zero-order valence-corrected chi connectivity index (χ0v) is 13.4. The van der Waals surface area contributed by atoms with Crippen molar-refractivity contribution < 1.29 is 13.9 Å². The number of carbonyl (C=O) groups excluding carboxylic acids is 1. The maximum absolute atomic E-state index is 13.5. The number of hydrogen-bond donors (Lipinski definition) is 1. The SMILES string of the molecule is COCCCN(C)C(=O)NCCc1cc(Br)ccc1F. The fraction of sp³-hybridized carbons (Fsp3) is 0.500. The Morgan fingerprint density at radius 1 is 1.50 bits per heavy atom. The average molecular weight is 347 g/mol. The van der Waals surface area contributed by atoms with Gasteiger partial charge in [0.2, 0.25) is 0 Å². The molecule has 0 bridgehead atoms. The van der Waals surface area contributed by atoms with Gasteiger partial charge in [0.15, 0.2) is 0 Å². The second-order valence-corrected chi connectivity index (χ2v) is 5.40. The first kappa shape index (κ1) is 16.9. The monoisotopic (exact) mass is 346 g/mol. The number of methoxy groups -OCH3 is 1. The van der Waals surface area contributed by atoms with Gasteiger partial charge < -0.3 is 15.0 Å². The smallest absolute Gasteiger partial charge is 0.317 e. The summed E-state index contributed by atoms with van der Waals surface area (Å²) in [5, 5.41) is 2.77. The minimum Gasteiger partial charge on any atom is -0.385 e. The molecule has 0 atom stereocenters. The number of nitrogens with zero attached hydrogens (tertiary/aromatic N) is 1. The molecule has 4 nitrogen and oxygen atoms in total. The Morgan fingerprint density at radius 3 is 2.95 bits per heavy atom. The molecule has 1 rings (SSSR count). The summed E-state index contributed by atoms with van der Waals surface area (Å²) < 4.78 is 19.3.